The van der Waals surface area contributed by atoms with Gasteiger partial charge in [0.05, 0.1) is 0 Å². The molecule has 0 bridgehead atoms. The van der Waals surface area contributed by atoms with Crippen LogP contribution < -0.4 is 10.7 Å². The van der Waals surface area contributed by atoms with Crippen LogP contribution in [0, 0.1) is 4.77 Å². The summed E-state index contributed by atoms with van der Waals surface area (Å²) in [6, 6.07) is 0. The number of carbonyl (C=O) groups excluding carboxylic acids is 1. The molecule has 1 aromatic heterocycles. The molecule has 0 aliphatic rings. The quantitative estimate of drug-likeness (QED) is 0.579. The summed E-state index contributed by atoms with van der Waals surface area (Å²) < 4.78 is 0.113. The maximum Gasteiger partial charge on any atom is 0.273 e. The molecule has 6 nitrogen and oxygen atoms in total. The smallest absolute Gasteiger partial charge is 0.273 e. The molecule has 0 atom stereocenters. The van der Waals surface area contributed by atoms with Crippen molar-refractivity contribution in [3.05, 3.63) is 20.8 Å². The standard InChI is InChI=1S/C6H7N3O3S/c10-4(11)2-1-3-5(12)7-6(13)9-8-3/h1-2H2,(H,10,11)(H2,7,9,12,13)/p-1. The van der Waals surface area contributed by atoms with Crippen LogP contribution in [0.25, 0.3) is 0 Å². The topological polar surface area (TPSA) is 102 Å². The molecule has 13 heavy (non-hydrogen) atoms. The molecule has 0 fully saturated rings. The molecule has 0 aromatic carbocycles. The lowest BCUT2D eigenvalue weighted by Gasteiger charge is -1.99. The van der Waals surface area contributed by atoms with Crippen LogP contribution in [0.2, 0.25) is 0 Å². The second kappa shape index (κ2) is 3.94. The largest absolute Gasteiger partial charge is 0.550 e. The van der Waals surface area contributed by atoms with Crippen molar-refractivity contribution < 1.29 is 9.90 Å². The number of nitrogens with one attached hydrogen (secondary N) is 2. The van der Waals surface area contributed by atoms with E-state index in [1.54, 1.807) is 0 Å². The second-order valence-corrected chi connectivity index (χ2v) is 2.73. The van der Waals surface area contributed by atoms with Gasteiger partial charge < -0.3 is 9.90 Å². The molecular formula is C6H6N3O3S-. The van der Waals surface area contributed by atoms with Crippen molar-refractivity contribution in [3.63, 3.8) is 0 Å². The zero-order valence-corrected chi connectivity index (χ0v) is 7.31. The maximum absolute atomic E-state index is 11.0. The normalized spacial score (nSPS) is 9.85. The van der Waals surface area contributed by atoms with Crippen molar-refractivity contribution in [3.8, 4) is 0 Å². The van der Waals surface area contributed by atoms with Gasteiger partial charge >= 0.3 is 0 Å². The fourth-order valence-electron chi connectivity index (χ4n) is 0.762. The van der Waals surface area contributed by atoms with E-state index in [1.807, 2.05) is 0 Å². The molecule has 1 aromatic rings. The number of carbonyl (C=O) groups is 1. The lowest BCUT2D eigenvalue weighted by Crippen LogP contribution is -2.25. The van der Waals surface area contributed by atoms with E-state index in [1.165, 1.54) is 0 Å². The number of carboxylic acid groups (broad SMARTS) is 1. The fraction of sp³-hybridized carbons (Fsp3) is 0.333. The Bertz CT molecular complexity index is 422. The van der Waals surface area contributed by atoms with Gasteiger partial charge in [0, 0.05) is 12.4 Å². The summed E-state index contributed by atoms with van der Waals surface area (Å²) in [6.07, 6.45) is -0.204. The summed E-state index contributed by atoms with van der Waals surface area (Å²) in [5, 5.41) is 16.0. The van der Waals surface area contributed by atoms with Crippen LogP contribution in [0.5, 0.6) is 0 Å². The van der Waals surface area contributed by atoms with Crippen LogP contribution in [0.3, 0.4) is 0 Å². The summed E-state index contributed by atoms with van der Waals surface area (Å²) in [7, 11) is 0. The number of carboxylic acids is 1. The number of H-pyrrole nitrogens is 2. The Morgan fingerprint density at radius 1 is 1.62 bits per heavy atom. The Balaban J connectivity index is 2.84. The van der Waals surface area contributed by atoms with Gasteiger partial charge in [0.2, 0.25) is 0 Å². The lowest BCUT2D eigenvalue weighted by molar-refractivity contribution is -0.305. The molecule has 1 heterocycles. The van der Waals surface area contributed by atoms with Gasteiger partial charge in [-0.3, -0.25) is 14.9 Å². The minimum absolute atomic E-state index is 0.0315. The third-order valence-electron chi connectivity index (χ3n) is 1.35. The van der Waals surface area contributed by atoms with Crippen LogP contribution in [0.4, 0.5) is 0 Å². The second-order valence-electron chi connectivity index (χ2n) is 2.33. The van der Waals surface area contributed by atoms with Crippen LogP contribution >= 0.6 is 12.2 Å². The van der Waals surface area contributed by atoms with Crippen LogP contribution in [0.15, 0.2) is 4.79 Å². The Morgan fingerprint density at radius 2 is 2.31 bits per heavy atom. The van der Waals surface area contributed by atoms with Crippen molar-refractivity contribution in [1.82, 2.24) is 15.2 Å². The number of aliphatic carboxylic acids is 1. The Morgan fingerprint density at radius 3 is 2.85 bits per heavy atom. The number of aryl methyl sites for hydroxylation is 1. The van der Waals surface area contributed by atoms with Crippen LogP contribution in [0.1, 0.15) is 12.1 Å². The molecule has 70 valence electrons. The van der Waals surface area contributed by atoms with Gasteiger partial charge in [-0.1, -0.05) is 0 Å². The molecule has 0 aliphatic heterocycles. The van der Waals surface area contributed by atoms with E-state index in [4.69, 9.17) is 0 Å². The highest BCUT2D eigenvalue weighted by atomic mass is 32.1. The molecule has 0 saturated heterocycles. The average molecular weight is 200 g/mol. The average Bonchev–Trinajstić information content (AvgIpc) is 2.02. The first-order valence-corrected chi connectivity index (χ1v) is 3.88. The molecule has 0 aliphatic carbocycles. The predicted octanol–water partition coefficient (Wildman–Crippen LogP) is -1.49. The van der Waals surface area contributed by atoms with Gasteiger partial charge in [-0.15, -0.1) is 0 Å². The van der Waals surface area contributed by atoms with Crippen molar-refractivity contribution >= 4 is 18.2 Å². The zero-order chi connectivity index (χ0) is 9.84. The molecule has 2 N–H and O–H groups in total. The minimum atomic E-state index is -1.22. The number of aromatic nitrogens is 3. The molecular weight excluding hydrogens is 194 g/mol. The van der Waals surface area contributed by atoms with Crippen molar-refractivity contribution in [1.29, 1.82) is 0 Å². The van der Waals surface area contributed by atoms with E-state index in [9.17, 15) is 14.7 Å². The molecule has 0 unspecified atom stereocenters. The van der Waals surface area contributed by atoms with Gasteiger partial charge in [0.25, 0.3) is 5.56 Å². The summed E-state index contributed by atoms with van der Waals surface area (Å²) >= 11 is 4.59. The van der Waals surface area contributed by atoms with E-state index in [0.29, 0.717) is 0 Å². The number of aromatic amines is 2. The van der Waals surface area contributed by atoms with Gasteiger partial charge in [0.1, 0.15) is 5.69 Å². The van der Waals surface area contributed by atoms with Crippen LogP contribution in [-0.4, -0.2) is 21.2 Å². The number of nitrogens with zero attached hydrogens (tertiary/aromatic N) is 1. The fourth-order valence-corrected chi connectivity index (χ4v) is 0.900. The van der Waals surface area contributed by atoms with E-state index >= 15 is 0 Å². The van der Waals surface area contributed by atoms with E-state index in [2.05, 4.69) is 27.4 Å². The summed E-state index contributed by atoms with van der Waals surface area (Å²) in [5.41, 5.74) is -0.359. The van der Waals surface area contributed by atoms with Crippen molar-refractivity contribution in [2.75, 3.05) is 0 Å². The number of hydrogen-bond acceptors (Lipinski definition) is 5. The molecule has 1 rings (SSSR count). The van der Waals surface area contributed by atoms with Gasteiger partial charge in [-0.2, -0.15) is 5.10 Å². The molecule has 0 spiro atoms. The molecule has 0 saturated carbocycles. The minimum Gasteiger partial charge on any atom is -0.550 e. The van der Waals surface area contributed by atoms with Crippen molar-refractivity contribution in [2.45, 2.75) is 12.8 Å². The summed E-state index contributed by atoms with van der Waals surface area (Å²) in [5.74, 6) is -1.22. The first kappa shape index (κ1) is 9.59. The Hall–Kier alpha value is -1.50. The maximum atomic E-state index is 11.0. The highest BCUT2D eigenvalue weighted by Crippen LogP contribution is 1.88. The predicted molar refractivity (Wildman–Crippen MR) is 43.4 cm³/mol. The third kappa shape index (κ3) is 2.79. The monoisotopic (exact) mass is 200 g/mol. The Labute approximate surface area is 77.6 Å². The molecule has 0 radical (unpaired) electrons. The summed E-state index contributed by atoms with van der Waals surface area (Å²) in [6.45, 7) is 0. The van der Waals surface area contributed by atoms with Crippen molar-refractivity contribution in [2.24, 2.45) is 0 Å². The van der Waals surface area contributed by atoms with E-state index in [-0.39, 0.29) is 23.3 Å². The first-order valence-electron chi connectivity index (χ1n) is 3.47. The van der Waals surface area contributed by atoms with Gasteiger partial charge in [-0.25, -0.2) is 0 Å². The highest BCUT2D eigenvalue weighted by molar-refractivity contribution is 7.71. The first-order chi connectivity index (χ1) is 6.09. The number of hydrogen-bond donors (Lipinski definition) is 2. The van der Waals surface area contributed by atoms with Gasteiger partial charge in [0.15, 0.2) is 4.77 Å². The molecule has 7 heteroatoms. The third-order valence-corrected chi connectivity index (χ3v) is 1.54. The lowest BCUT2D eigenvalue weighted by atomic mass is 10.2. The van der Waals surface area contributed by atoms with Gasteiger partial charge in [-0.05, 0) is 18.6 Å². The Kier molecular flexibility index (Phi) is 2.91. The SMILES string of the molecule is O=C([O-])CCc1n[nH]c(=S)[nH]c1=O. The highest BCUT2D eigenvalue weighted by Gasteiger charge is 2.00. The number of rotatable bonds is 3. The van der Waals surface area contributed by atoms with E-state index in [0.717, 1.165) is 0 Å². The van der Waals surface area contributed by atoms with E-state index < -0.39 is 11.5 Å². The van der Waals surface area contributed by atoms with Crippen LogP contribution in [-0.2, 0) is 11.2 Å². The zero-order valence-electron chi connectivity index (χ0n) is 6.49. The molecule has 0 amide bonds. The summed E-state index contributed by atoms with van der Waals surface area (Å²) in [4.78, 5) is 23.4.